The van der Waals surface area contributed by atoms with Crippen LogP contribution in [0.15, 0.2) is 0 Å². The highest BCUT2D eigenvalue weighted by Gasteiger charge is 2.62. The van der Waals surface area contributed by atoms with E-state index in [9.17, 15) is 0 Å². The third-order valence-corrected chi connectivity index (χ3v) is 7.38. The largest absolute Gasteiger partial charge is 0.271 e. The molecule has 0 aromatic carbocycles. The van der Waals surface area contributed by atoms with Gasteiger partial charge in [0.2, 0.25) is 0 Å². The first-order valence-corrected chi connectivity index (χ1v) is 8.92. The highest BCUT2D eigenvalue weighted by Crippen LogP contribution is 2.71. The van der Waals surface area contributed by atoms with Gasteiger partial charge in [0.05, 0.1) is 0 Å². The Morgan fingerprint density at radius 1 is 0.950 bits per heavy atom. The van der Waals surface area contributed by atoms with E-state index in [1.165, 1.54) is 64.2 Å². The molecule has 0 aromatic rings. The first kappa shape index (κ1) is 13.6. The molecule has 0 heterocycles. The van der Waals surface area contributed by atoms with Crippen molar-refractivity contribution in [3.8, 4) is 0 Å². The van der Waals surface area contributed by atoms with Crippen LogP contribution in [0.4, 0.5) is 0 Å². The van der Waals surface area contributed by atoms with Gasteiger partial charge in [0, 0.05) is 6.04 Å². The molecule has 3 N–H and O–H groups in total. The van der Waals surface area contributed by atoms with Crippen molar-refractivity contribution in [2.45, 2.75) is 84.1 Å². The minimum Gasteiger partial charge on any atom is -0.271 e. The minimum absolute atomic E-state index is 0.521. The summed E-state index contributed by atoms with van der Waals surface area (Å²) in [4.78, 5) is 0. The second-order valence-electron chi connectivity index (χ2n) is 9.68. The molecule has 3 atom stereocenters. The van der Waals surface area contributed by atoms with Crippen molar-refractivity contribution >= 4 is 0 Å². The van der Waals surface area contributed by atoms with E-state index < -0.39 is 0 Å². The number of nitrogens with one attached hydrogen (secondary N) is 1. The van der Waals surface area contributed by atoms with Gasteiger partial charge in [0.15, 0.2) is 0 Å². The number of rotatable bonds is 3. The molecule has 4 bridgehead atoms. The lowest BCUT2D eigenvalue weighted by molar-refractivity contribution is -0.164. The van der Waals surface area contributed by atoms with Gasteiger partial charge in [-0.05, 0) is 79.4 Å². The van der Waals surface area contributed by atoms with Crippen LogP contribution in [0.2, 0.25) is 0 Å². The molecule has 2 nitrogen and oxygen atoms in total. The highest BCUT2D eigenvalue weighted by molar-refractivity contribution is 5.14. The van der Waals surface area contributed by atoms with E-state index >= 15 is 0 Å². The fraction of sp³-hybridized carbons (Fsp3) is 1.00. The number of hydrogen-bond donors (Lipinski definition) is 2. The van der Waals surface area contributed by atoms with Crippen LogP contribution >= 0.6 is 0 Å². The zero-order chi connectivity index (χ0) is 14.0. The van der Waals surface area contributed by atoms with E-state index in [0.717, 1.165) is 11.8 Å². The zero-order valence-corrected chi connectivity index (χ0v) is 13.4. The highest BCUT2D eigenvalue weighted by atomic mass is 15.2. The molecule has 0 spiro atoms. The fourth-order valence-corrected chi connectivity index (χ4v) is 7.99. The monoisotopic (exact) mass is 276 g/mol. The van der Waals surface area contributed by atoms with Crippen LogP contribution < -0.4 is 11.3 Å². The Morgan fingerprint density at radius 3 is 2.05 bits per heavy atom. The molecular formula is C18H32N2. The van der Waals surface area contributed by atoms with Crippen molar-refractivity contribution in [3.05, 3.63) is 0 Å². The van der Waals surface area contributed by atoms with Crippen molar-refractivity contribution in [3.63, 3.8) is 0 Å². The maximum Gasteiger partial charge on any atom is 0.0295 e. The lowest BCUT2D eigenvalue weighted by atomic mass is 9.38. The molecule has 5 saturated carbocycles. The fourth-order valence-electron chi connectivity index (χ4n) is 7.99. The van der Waals surface area contributed by atoms with Crippen LogP contribution in [0.3, 0.4) is 0 Å². The van der Waals surface area contributed by atoms with Crippen molar-refractivity contribution in [1.29, 1.82) is 0 Å². The Kier molecular flexibility index (Phi) is 2.87. The second-order valence-corrected chi connectivity index (χ2v) is 9.68. The number of hydrazine groups is 1. The summed E-state index contributed by atoms with van der Waals surface area (Å²) in [5.41, 5.74) is 5.08. The summed E-state index contributed by atoms with van der Waals surface area (Å²) in [7, 11) is 0. The maximum absolute atomic E-state index is 6.11. The molecule has 5 aliphatic carbocycles. The summed E-state index contributed by atoms with van der Waals surface area (Å²) in [6.45, 7) is 5.15. The van der Waals surface area contributed by atoms with Gasteiger partial charge in [0.25, 0.3) is 0 Å². The molecule has 20 heavy (non-hydrogen) atoms. The van der Waals surface area contributed by atoms with E-state index in [1.54, 1.807) is 0 Å². The van der Waals surface area contributed by atoms with Gasteiger partial charge in [-0.25, -0.2) is 0 Å². The van der Waals surface area contributed by atoms with E-state index in [4.69, 9.17) is 5.84 Å². The second kappa shape index (κ2) is 4.23. The van der Waals surface area contributed by atoms with Crippen LogP contribution in [0.25, 0.3) is 0 Å². The minimum atomic E-state index is 0.521. The molecule has 0 saturated heterocycles. The van der Waals surface area contributed by atoms with Crippen molar-refractivity contribution in [2.24, 2.45) is 33.9 Å². The van der Waals surface area contributed by atoms with Gasteiger partial charge < -0.3 is 0 Å². The number of nitrogens with two attached hydrogens (primary N) is 1. The van der Waals surface area contributed by atoms with E-state index in [1.807, 2.05) is 0 Å². The first-order valence-electron chi connectivity index (χ1n) is 8.92. The Labute approximate surface area is 124 Å². The van der Waals surface area contributed by atoms with Gasteiger partial charge in [0.1, 0.15) is 0 Å². The molecule has 114 valence electrons. The SMILES string of the molecule is CC12CC3CC(C)(C1)CC(C(NN)C1CCCC1)(C3)C2. The van der Waals surface area contributed by atoms with Crippen molar-refractivity contribution in [2.75, 3.05) is 0 Å². The standard InChI is InChI=1S/C18H32N2/c1-16-7-13-8-17(2,10-16)12-18(9-13,11-16)15(20-19)14-5-3-4-6-14/h13-15,20H,3-12,19H2,1-2H3. The molecule has 2 heteroatoms. The van der Waals surface area contributed by atoms with Crippen LogP contribution in [-0.2, 0) is 0 Å². The zero-order valence-electron chi connectivity index (χ0n) is 13.4. The van der Waals surface area contributed by atoms with Gasteiger partial charge >= 0.3 is 0 Å². The molecule has 5 rings (SSSR count). The Morgan fingerprint density at radius 2 is 1.55 bits per heavy atom. The topological polar surface area (TPSA) is 38.0 Å². The molecule has 0 aliphatic heterocycles. The predicted molar refractivity (Wildman–Crippen MR) is 82.9 cm³/mol. The van der Waals surface area contributed by atoms with E-state index in [0.29, 0.717) is 22.3 Å². The Balaban J connectivity index is 1.68. The van der Waals surface area contributed by atoms with E-state index in [-0.39, 0.29) is 0 Å². The Bertz CT molecular complexity index is 380. The third-order valence-electron chi connectivity index (χ3n) is 7.38. The summed E-state index contributed by atoms with van der Waals surface area (Å²) in [6.07, 6.45) is 14.5. The average molecular weight is 276 g/mol. The summed E-state index contributed by atoms with van der Waals surface area (Å²) < 4.78 is 0. The predicted octanol–water partition coefficient (Wildman–Crippen LogP) is 4.01. The molecule has 0 amide bonds. The van der Waals surface area contributed by atoms with Crippen LogP contribution in [0.1, 0.15) is 78.1 Å². The normalized spacial score (nSPS) is 52.6. The summed E-state index contributed by atoms with van der Waals surface area (Å²) in [5, 5.41) is 0. The van der Waals surface area contributed by atoms with Crippen LogP contribution in [0, 0.1) is 28.1 Å². The van der Waals surface area contributed by atoms with Gasteiger partial charge in [-0.3, -0.25) is 11.3 Å². The molecule has 3 unspecified atom stereocenters. The van der Waals surface area contributed by atoms with Crippen LogP contribution in [0.5, 0.6) is 0 Å². The smallest absolute Gasteiger partial charge is 0.0295 e. The third kappa shape index (κ3) is 1.90. The quantitative estimate of drug-likeness (QED) is 0.604. The lowest BCUT2D eigenvalue weighted by Gasteiger charge is -2.67. The maximum atomic E-state index is 6.11. The summed E-state index contributed by atoms with van der Waals surface area (Å²) in [6, 6.07) is 0.590. The van der Waals surface area contributed by atoms with Crippen molar-refractivity contribution < 1.29 is 0 Å². The summed E-state index contributed by atoms with van der Waals surface area (Å²) in [5.74, 6) is 7.95. The molecular weight excluding hydrogens is 244 g/mol. The molecule has 5 fully saturated rings. The van der Waals surface area contributed by atoms with Gasteiger partial charge in [-0.2, -0.15) is 0 Å². The Hall–Kier alpha value is -0.0800. The van der Waals surface area contributed by atoms with Crippen LogP contribution in [-0.4, -0.2) is 6.04 Å². The average Bonchev–Trinajstić information content (AvgIpc) is 2.77. The number of hydrogen-bond acceptors (Lipinski definition) is 2. The lowest BCUT2D eigenvalue weighted by Crippen LogP contribution is -2.63. The molecule has 5 aliphatic rings. The summed E-state index contributed by atoms with van der Waals surface area (Å²) >= 11 is 0. The van der Waals surface area contributed by atoms with E-state index in [2.05, 4.69) is 19.3 Å². The van der Waals surface area contributed by atoms with Gasteiger partial charge in [-0.1, -0.05) is 26.7 Å². The first-order chi connectivity index (χ1) is 9.46. The molecule has 0 aromatic heterocycles. The molecule has 0 radical (unpaired) electrons. The van der Waals surface area contributed by atoms with Crippen molar-refractivity contribution in [1.82, 2.24) is 5.43 Å². The van der Waals surface area contributed by atoms with Gasteiger partial charge in [-0.15, -0.1) is 0 Å².